The molecule has 2 rings (SSSR count). The summed E-state index contributed by atoms with van der Waals surface area (Å²) in [5.41, 5.74) is 2.37. The lowest BCUT2D eigenvalue weighted by molar-refractivity contribution is -0.274. The van der Waals surface area contributed by atoms with Crippen molar-refractivity contribution in [2.75, 3.05) is 0 Å². The lowest BCUT2D eigenvalue weighted by Gasteiger charge is -2.10. The van der Waals surface area contributed by atoms with Gasteiger partial charge in [0.25, 0.3) is 0 Å². The van der Waals surface area contributed by atoms with Crippen LogP contribution in [-0.2, 0) is 0 Å². The second-order valence-corrected chi connectivity index (χ2v) is 4.63. The first-order valence-corrected chi connectivity index (χ1v) is 5.70. The van der Waals surface area contributed by atoms with Gasteiger partial charge in [-0.25, -0.2) is 0 Å². The number of ether oxygens (including phenoxy) is 1. The van der Waals surface area contributed by atoms with Crippen molar-refractivity contribution in [1.29, 1.82) is 0 Å². The molecule has 1 heterocycles. The second-order valence-electron chi connectivity index (χ2n) is 3.38. The molecule has 86 valence electrons. The summed E-state index contributed by atoms with van der Waals surface area (Å²) in [5.74, 6) is -0.228. The molecule has 1 atom stereocenters. The van der Waals surface area contributed by atoms with E-state index in [0.29, 0.717) is 5.69 Å². The number of hydrogen-bond donors (Lipinski definition) is 0. The normalized spacial score (nSPS) is 19.3. The van der Waals surface area contributed by atoms with E-state index in [1.807, 2.05) is 6.92 Å². The molecule has 1 aliphatic heterocycles. The molecule has 0 unspecified atom stereocenters. The number of alkyl halides is 4. The molecule has 0 fully saturated rings. The zero-order valence-corrected chi connectivity index (χ0v) is 10.3. The average Bonchev–Trinajstić information content (AvgIpc) is 2.40. The van der Waals surface area contributed by atoms with Gasteiger partial charge in [-0.2, -0.15) is 0 Å². The maximum absolute atomic E-state index is 12.0. The molecule has 6 heteroatoms. The quantitative estimate of drug-likeness (QED) is 0.555. The Morgan fingerprint density at radius 2 is 2.06 bits per heavy atom. The molecule has 16 heavy (non-hydrogen) atoms. The molecule has 1 aliphatic rings. The maximum atomic E-state index is 12.0. The van der Waals surface area contributed by atoms with Crippen molar-refractivity contribution in [3.63, 3.8) is 0 Å². The highest BCUT2D eigenvalue weighted by molar-refractivity contribution is 14.1. The molecule has 0 amide bonds. The Balaban J connectivity index is 2.31. The molecule has 0 aliphatic carbocycles. The minimum atomic E-state index is -4.66. The molecule has 0 saturated carbocycles. The van der Waals surface area contributed by atoms with Crippen molar-refractivity contribution in [1.82, 2.24) is 0 Å². The zero-order valence-electron chi connectivity index (χ0n) is 8.18. The SMILES string of the molecule is CC1=Nc2cc(OC(F)(F)F)ccc2[C@@H]1I. The largest absolute Gasteiger partial charge is 0.573 e. The summed E-state index contributed by atoms with van der Waals surface area (Å²) in [5, 5.41) is 0. The van der Waals surface area contributed by atoms with Crippen LogP contribution in [0, 0.1) is 0 Å². The molecule has 2 nitrogen and oxygen atoms in total. The Morgan fingerprint density at radius 3 is 2.69 bits per heavy atom. The lowest BCUT2D eigenvalue weighted by atomic mass is 10.1. The Hall–Kier alpha value is -0.790. The van der Waals surface area contributed by atoms with E-state index < -0.39 is 6.36 Å². The van der Waals surface area contributed by atoms with Crippen LogP contribution in [0.4, 0.5) is 18.9 Å². The van der Waals surface area contributed by atoms with Crippen molar-refractivity contribution in [2.24, 2.45) is 4.99 Å². The van der Waals surface area contributed by atoms with Gasteiger partial charge in [-0.05, 0) is 18.6 Å². The summed E-state index contributed by atoms with van der Waals surface area (Å²) in [4.78, 5) is 4.19. The summed E-state index contributed by atoms with van der Waals surface area (Å²) in [7, 11) is 0. The topological polar surface area (TPSA) is 21.6 Å². The number of halogens is 4. The van der Waals surface area contributed by atoms with Gasteiger partial charge in [-0.15, -0.1) is 13.2 Å². The summed E-state index contributed by atoms with van der Waals surface area (Å²) in [6.45, 7) is 1.85. The van der Waals surface area contributed by atoms with Crippen LogP contribution in [0.3, 0.4) is 0 Å². The maximum Gasteiger partial charge on any atom is 0.573 e. The number of benzene rings is 1. The summed E-state index contributed by atoms with van der Waals surface area (Å²) >= 11 is 2.20. The van der Waals surface area contributed by atoms with E-state index in [1.54, 1.807) is 6.07 Å². The average molecular weight is 341 g/mol. The third-order valence-corrected chi connectivity index (χ3v) is 3.74. The highest BCUT2D eigenvalue weighted by atomic mass is 127. The van der Waals surface area contributed by atoms with Crippen LogP contribution >= 0.6 is 22.6 Å². The fourth-order valence-corrected chi connectivity index (χ4v) is 2.17. The van der Waals surface area contributed by atoms with Crippen LogP contribution in [0.2, 0.25) is 0 Å². The highest BCUT2D eigenvalue weighted by Gasteiger charge is 2.32. The summed E-state index contributed by atoms with van der Waals surface area (Å²) in [6, 6.07) is 4.24. The minimum absolute atomic E-state index is 0.132. The van der Waals surface area contributed by atoms with Crippen LogP contribution in [0.5, 0.6) is 5.75 Å². The molecule has 0 N–H and O–H groups in total. The number of nitrogens with zero attached hydrogens (tertiary/aromatic N) is 1. The predicted octanol–water partition coefficient (Wildman–Crippen LogP) is 4.17. The molecule has 0 bridgehead atoms. The van der Waals surface area contributed by atoms with E-state index >= 15 is 0 Å². The van der Waals surface area contributed by atoms with Crippen LogP contribution in [-0.4, -0.2) is 12.1 Å². The van der Waals surface area contributed by atoms with Gasteiger partial charge in [-0.1, -0.05) is 28.7 Å². The standard InChI is InChI=1S/C10H7F3INO/c1-5-9(14)7-3-2-6(4-8(7)15-5)16-10(11,12)13/h2-4,9H,1H3/t9-/m1/s1. The van der Waals surface area contributed by atoms with Gasteiger partial charge in [0.15, 0.2) is 0 Å². The molecule has 1 aromatic carbocycles. The molecule has 0 saturated heterocycles. The van der Waals surface area contributed by atoms with Crippen LogP contribution in [0.25, 0.3) is 0 Å². The van der Waals surface area contributed by atoms with Crippen molar-refractivity contribution in [3.05, 3.63) is 23.8 Å². The minimum Gasteiger partial charge on any atom is -0.406 e. The van der Waals surface area contributed by atoms with E-state index in [2.05, 4.69) is 32.3 Å². The first kappa shape index (κ1) is 11.7. The fourth-order valence-electron chi connectivity index (χ4n) is 1.50. The van der Waals surface area contributed by atoms with Gasteiger partial charge in [0.2, 0.25) is 0 Å². The van der Waals surface area contributed by atoms with Crippen molar-refractivity contribution in [3.8, 4) is 5.75 Å². The molecule has 0 spiro atoms. The second kappa shape index (κ2) is 3.90. The Kier molecular flexibility index (Phi) is 2.85. The highest BCUT2D eigenvalue weighted by Crippen LogP contribution is 2.41. The summed E-state index contributed by atoms with van der Waals surface area (Å²) < 4.78 is 39.9. The smallest absolute Gasteiger partial charge is 0.406 e. The van der Waals surface area contributed by atoms with Gasteiger partial charge in [-0.3, -0.25) is 4.99 Å². The van der Waals surface area contributed by atoms with E-state index in [9.17, 15) is 13.2 Å². The molecule has 0 radical (unpaired) electrons. The van der Waals surface area contributed by atoms with Gasteiger partial charge in [0.1, 0.15) is 5.75 Å². The first-order chi connectivity index (χ1) is 7.37. The molecule has 0 aromatic heterocycles. The van der Waals surface area contributed by atoms with Gasteiger partial charge in [0, 0.05) is 11.8 Å². The van der Waals surface area contributed by atoms with Crippen LogP contribution in [0.1, 0.15) is 16.4 Å². The summed E-state index contributed by atoms with van der Waals surface area (Å²) in [6.07, 6.45) is -4.66. The third kappa shape index (κ3) is 2.31. The van der Waals surface area contributed by atoms with Gasteiger partial charge in [0.05, 0.1) is 9.61 Å². The molecule has 1 aromatic rings. The van der Waals surface area contributed by atoms with E-state index in [4.69, 9.17) is 0 Å². The van der Waals surface area contributed by atoms with Gasteiger partial charge >= 0.3 is 6.36 Å². The van der Waals surface area contributed by atoms with Crippen molar-refractivity contribution < 1.29 is 17.9 Å². The van der Waals surface area contributed by atoms with Gasteiger partial charge < -0.3 is 4.74 Å². The van der Waals surface area contributed by atoms with E-state index in [1.165, 1.54) is 12.1 Å². The number of rotatable bonds is 1. The Bertz CT molecular complexity index is 456. The van der Waals surface area contributed by atoms with Crippen molar-refractivity contribution in [2.45, 2.75) is 17.2 Å². The van der Waals surface area contributed by atoms with E-state index in [-0.39, 0.29) is 9.67 Å². The lowest BCUT2D eigenvalue weighted by Crippen LogP contribution is -2.17. The Labute approximate surface area is 104 Å². The number of hydrogen-bond acceptors (Lipinski definition) is 2. The monoisotopic (exact) mass is 341 g/mol. The van der Waals surface area contributed by atoms with Crippen molar-refractivity contribution >= 4 is 34.0 Å². The predicted molar refractivity (Wildman–Crippen MR) is 62.7 cm³/mol. The first-order valence-electron chi connectivity index (χ1n) is 4.46. The van der Waals surface area contributed by atoms with Crippen LogP contribution in [0.15, 0.2) is 23.2 Å². The number of aliphatic imine (C=N–C) groups is 1. The Morgan fingerprint density at radius 1 is 1.38 bits per heavy atom. The zero-order chi connectivity index (χ0) is 11.9. The van der Waals surface area contributed by atoms with Crippen LogP contribution < -0.4 is 4.74 Å². The van der Waals surface area contributed by atoms with E-state index in [0.717, 1.165) is 11.3 Å². The number of fused-ring (bicyclic) bond motifs is 1. The fraction of sp³-hybridized carbons (Fsp3) is 0.300. The molecular formula is C10H7F3INO. The third-order valence-electron chi connectivity index (χ3n) is 2.17. The molecular weight excluding hydrogens is 334 g/mol.